The van der Waals surface area contributed by atoms with Crippen LogP contribution in [0.4, 0.5) is 4.39 Å². The molecular formula is C18H20FNO2. The molecular weight excluding hydrogens is 281 g/mol. The summed E-state index contributed by atoms with van der Waals surface area (Å²) in [5, 5.41) is 0. The van der Waals surface area contributed by atoms with Crippen LogP contribution in [0.15, 0.2) is 48.5 Å². The second kappa shape index (κ2) is 7.07. The van der Waals surface area contributed by atoms with Gasteiger partial charge in [-0.15, -0.1) is 0 Å². The summed E-state index contributed by atoms with van der Waals surface area (Å²) in [6.45, 7) is 1.82. The predicted octanol–water partition coefficient (Wildman–Crippen LogP) is 3.60. The van der Waals surface area contributed by atoms with Crippen LogP contribution in [0.25, 0.3) is 0 Å². The number of hydrogen-bond donors (Lipinski definition) is 0. The third kappa shape index (κ3) is 3.45. The Morgan fingerprint density at radius 1 is 1.18 bits per heavy atom. The molecule has 0 aliphatic heterocycles. The van der Waals surface area contributed by atoms with E-state index in [9.17, 15) is 9.18 Å². The van der Waals surface area contributed by atoms with Gasteiger partial charge in [0.25, 0.3) is 0 Å². The molecule has 1 atom stereocenters. The quantitative estimate of drug-likeness (QED) is 0.844. The van der Waals surface area contributed by atoms with Crippen molar-refractivity contribution in [1.82, 2.24) is 4.90 Å². The van der Waals surface area contributed by atoms with E-state index >= 15 is 0 Å². The number of hydrogen-bond acceptors (Lipinski definition) is 2. The van der Waals surface area contributed by atoms with Gasteiger partial charge in [-0.25, -0.2) is 4.39 Å². The van der Waals surface area contributed by atoms with Crippen molar-refractivity contribution >= 4 is 5.91 Å². The molecule has 0 aromatic heterocycles. The zero-order valence-corrected chi connectivity index (χ0v) is 13.0. The molecule has 2 aromatic carbocycles. The number of para-hydroxylation sites is 1. The molecule has 116 valence electrons. The van der Waals surface area contributed by atoms with Gasteiger partial charge in [0.2, 0.25) is 5.91 Å². The first-order valence-electron chi connectivity index (χ1n) is 7.16. The topological polar surface area (TPSA) is 29.5 Å². The highest BCUT2D eigenvalue weighted by atomic mass is 19.1. The summed E-state index contributed by atoms with van der Waals surface area (Å²) in [5.41, 5.74) is 1.33. The van der Waals surface area contributed by atoms with Crippen molar-refractivity contribution in [1.29, 1.82) is 0 Å². The van der Waals surface area contributed by atoms with Crippen LogP contribution in [0.2, 0.25) is 0 Å². The second-order valence-electron chi connectivity index (χ2n) is 5.19. The normalized spacial score (nSPS) is 11.8. The van der Waals surface area contributed by atoms with Crippen LogP contribution in [0.1, 0.15) is 24.1 Å². The van der Waals surface area contributed by atoms with Crippen molar-refractivity contribution in [3.05, 3.63) is 65.5 Å². The SMILES string of the molecule is COc1ccccc1CC(=O)N(C)C(C)c1ccccc1F. The Labute approximate surface area is 130 Å². The minimum atomic E-state index is -0.330. The van der Waals surface area contributed by atoms with E-state index in [1.54, 1.807) is 37.3 Å². The summed E-state index contributed by atoms with van der Waals surface area (Å²) < 4.78 is 19.1. The summed E-state index contributed by atoms with van der Waals surface area (Å²) in [7, 11) is 3.27. The molecule has 2 rings (SSSR count). The van der Waals surface area contributed by atoms with Crippen molar-refractivity contribution < 1.29 is 13.9 Å². The lowest BCUT2D eigenvalue weighted by Crippen LogP contribution is -2.31. The largest absolute Gasteiger partial charge is 0.496 e. The van der Waals surface area contributed by atoms with Gasteiger partial charge in [0.1, 0.15) is 11.6 Å². The molecule has 0 fully saturated rings. The zero-order chi connectivity index (χ0) is 16.1. The maximum atomic E-state index is 13.9. The summed E-state index contributed by atoms with van der Waals surface area (Å²) in [5.74, 6) is 0.301. The number of halogens is 1. The highest BCUT2D eigenvalue weighted by Gasteiger charge is 2.20. The van der Waals surface area contributed by atoms with Crippen LogP contribution in [0, 0.1) is 5.82 Å². The van der Waals surface area contributed by atoms with Gasteiger partial charge >= 0.3 is 0 Å². The number of likely N-dealkylation sites (N-methyl/N-ethyl adjacent to an activating group) is 1. The van der Waals surface area contributed by atoms with Crippen LogP contribution < -0.4 is 4.74 Å². The molecule has 1 unspecified atom stereocenters. The Morgan fingerprint density at radius 3 is 2.50 bits per heavy atom. The minimum Gasteiger partial charge on any atom is -0.496 e. The van der Waals surface area contributed by atoms with Gasteiger partial charge in [-0.3, -0.25) is 4.79 Å². The molecule has 3 nitrogen and oxygen atoms in total. The standard InChI is InChI=1S/C18H20FNO2/c1-13(15-9-5-6-10-16(15)19)20(2)18(21)12-14-8-4-7-11-17(14)22-3/h4-11,13H,12H2,1-3H3. The molecule has 0 aliphatic carbocycles. The molecule has 0 saturated carbocycles. The average molecular weight is 301 g/mol. The predicted molar refractivity (Wildman–Crippen MR) is 84.3 cm³/mol. The van der Waals surface area contributed by atoms with E-state index in [0.29, 0.717) is 11.3 Å². The Bertz CT molecular complexity index is 657. The number of methoxy groups -OCH3 is 1. The second-order valence-corrected chi connectivity index (χ2v) is 5.19. The van der Waals surface area contributed by atoms with Gasteiger partial charge in [-0.05, 0) is 19.1 Å². The lowest BCUT2D eigenvalue weighted by atomic mass is 10.0. The van der Waals surface area contributed by atoms with Crippen molar-refractivity contribution in [2.45, 2.75) is 19.4 Å². The van der Waals surface area contributed by atoms with E-state index in [1.807, 2.05) is 31.2 Å². The van der Waals surface area contributed by atoms with Crippen molar-refractivity contribution in [2.24, 2.45) is 0 Å². The molecule has 0 aliphatic rings. The van der Waals surface area contributed by atoms with Gasteiger partial charge < -0.3 is 9.64 Å². The van der Waals surface area contributed by atoms with Gasteiger partial charge in [0, 0.05) is 18.2 Å². The Hall–Kier alpha value is -2.36. The molecule has 22 heavy (non-hydrogen) atoms. The first-order chi connectivity index (χ1) is 10.5. The molecule has 0 bridgehead atoms. The van der Waals surface area contributed by atoms with Gasteiger partial charge in [0.05, 0.1) is 19.6 Å². The first kappa shape index (κ1) is 16.0. The number of amides is 1. The van der Waals surface area contributed by atoms with Gasteiger partial charge in [0.15, 0.2) is 0 Å². The number of carbonyl (C=O) groups is 1. The summed E-state index contributed by atoms with van der Waals surface area (Å²) in [6, 6.07) is 13.6. The maximum absolute atomic E-state index is 13.9. The highest BCUT2D eigenvalue weighted by Crippen LogP contribution is 2.24. The lowest BCUT2D eigenvalue weighted by molar-refractivity contribution is -0.131. The van der Waals surface area contributed by atoms with Gasteiger partial charge in [-0.1, -0.05) is 36.4 Å². The molecule has 0 saturated heterocycles. The van der Waals surface area contributed by atoms with Crippen LogP contribution in [-0.4, -0.2) is 25.0 Å². The fourth-order valence-corrected chi connectivity index (χ4v) is 2.38. The van der Waals surface area contributed by atoms with Crippen molar-refractivity contribution in [3.63, 3.8) is 0 Å². The van der Waals surface area contributed by atoms with Crippen LogP contribution >= 0.6 is 0 Å². The fourth-order valence-electron chi connectivity index (χ4n) is 2.38. The summed E-state index contributed by atoms with van der Waals surface area (Å²) >= 11 is 0. The molecule has 2 aromatic rings. The Kier molecular flexibility index (Phi) is 5.15. The average Bonchev–Trinajstić information content (AvgIpc) is 2.54. The van der Waals surface area contributed by atoms with Crippen LogP contribution in [0.3, 0.4) is 0 Å². The van der Waals surface area contributed by atoms with Gasteiger partial charge in [-0.2, -0.15) is 0 Å². The molecule has 0 N–H and O–H groups in total. The minimum absolute atomic E-state index is 0.0831. The maximum Gasteiger partial charge on any atom is 0.227 e. The molecule has 0 heterocycles. The number of rotatable bonds is 5. The van der Waals surface area contributed by atoms with Crippen molar-refractivity contribution in [2.75, 3.05) is 14.2 Å². The van der Waals surface area contributed by atoms with Crippen LogP contribution in [0.5, 0.6) is 5.75 Å². The Balaban J connectivity index is 2.14. The molecule has 4 heteroatoms. The highest BCUT2D eigenvalue weighted by molar-refractivity contribution is 5.79. The number of benzene rings is 2. The number of nitrogens with zero attached hydrogens (tertiary/aromatic N) is 1. The number of ether oxygens (including phenoxy) is 1. The van der Waals surface area contributed by atoms with E-state index in [4.69, 9.17) is 4.74 Å². The first-order valence-corrected chi connectivity index (χ1v) is 7.16. The fraction of sp³-hybridized carbons (Fsp3) is 0.278. The Morgan fingerprint density at radius 2 is 1.82 bits per heavy atom. The third-order valence-corrected chi connectivity index (χ3v) is 3.86. The summed E-state index contributed by atoms with van der Waals surface area (Å²) in [6.07, 6.45) is 0.222. The van der Waals surface area contributed by atoms with Crippen LogP contribution in [-0.2, 0) is 11.2 Å². The molecule has 0 spiro atoms. The van der Waals surface area contributed by atoms with Crippen molar-refractivity contribution in [3.8, 4) is 5.75 Å². The van der Waals surface area contributed by atoms with E-state index in [0.717, 1.165) is 5.56 Å². The smallest absolute Gasteiger partial charge is 0.227 e. The van der Waals surface area contributed by atoms with E-state index < -0.39 is 0 Å². The van der Waals surface area contributed by atoms with E-state index in [1.165, 1.54) is 6.07 Å². The summed E-state index contributed by atoms with van der Waals surface area (Å²) in [4.78, 5) is 14.0. The molecule has 0 radical (unpaired) electrons. The van der Waals surface area contributed by atoms with E-state index in [2.05, 4.69) is 0 Å². The zero-order valence-electron chi connectivity index (χ0n) is 13.0. The number of carbonyl (C=O) groups excluding carboxylic acids is 1. The third-order valence-electron chi connectivity index (χ3n) is 3.86. The molecule has 1 amide bonds. The monoisotopic (exact) mass is 301 g/mol. The van der Waals surface area contributed by atoms with E-state index in [-0.39, 0.29) is 24.2 Å². The lowest BCUT2D eigenvalue weighted by Gasteiger charge is -2.26.